The van der Waals surface area contributed by atoms with E-state index in [-0.39, 0.29) is 31.4 Å². The van der Waals surface area contributed by atoms with E-state index in [0.717, 1.165) is 5.56 Å². The van der Waals surface area contributed by atoms with Crippen LogP contribution in [0, 0.1) is 0 Å². The van der Waals surface area contributed by atoms with Crippen molar-refractivity contribution in [1.82, 2.24) is 5.32 Å². The molecule has 0 spiro atoms. The Hall–Kier alpha value is -3.06. The Balaban J connectivity index is 1.91. The van der Waals surface area contributed by atoms with Crippen LogP contribution < -0.4 is 10.2 Å². The number of hydrogen-bond donors (Lipinski definition) is 1. The number of hydrogen-bond acceptors (Lipinski definition) is 5. The Morgan fingerprint density at radius 3 is 3.00 bits per heavy atom. The number of ketones is 1. The molecule has 2 heterocycles. The molecule has 0 radical (unpaired) electrons. The van der Waals surface area contributed by atoms with Gasteiger partial charge in [0.2, 0.25) is 5.91 Å². The topological polar surface area (TPSA) is 124 Å². The molecule has 24 heavy (non-hydrogen) atoms. The molecule has 1 aromatic rings. The Bertz CT molecular complexity index is 786. The molecule has 2 amide bonds. The van der Waals surface area contributed by atoms with Gasteiger partial charge in [-0.2, -0.15) is 0 Å². The number of fused-ring (bicyclic) bond motifs is 3. The van der Waals surface area contributed by atoms with E-state index in [9.17, 15) is 14.4 Å². The van der Waals surface area contributed by atoms with Gasteiger partial charge in [-0.05, 0) is 29.3 Å². The normalized spacial score (nSPS) is 20.7. The van der Waals surface area contributed by atoms with Crippen molar-refractivity contribution in [2.24, 2.45) is 5.11 Å². The molecule has 2 aliphatic heterocycles. The van der Waals surface area contributed by atoms with Crippen molar-refractivity contribution in [2.45, 2.75) is 18.9 Å². The molecule has 1 saturated heterocycles. The molecule has 1 N–H and O–H groups in total. The second-order valence-electron chi connectivity index (χ2n) is 5.86. The number of Topliss-reactive ketones (excluding diaryl/α,β-unsaturated/α-hetero) is 1. The van der Waals surface area contributed by atoms with Crippen molar-refractivity contribution < 1.29 is 19.1 Å². The molecule has 0 bridgehead atoms. The minimum atomic E-state index is -0.669. The minimum absolute atomic E-state index is 0.169. The predicted octanol–water partition coefficient (Wildman–Crippen LogP) is 1.57. The number of carbonyl (C=O) groups is 3. The van der Waals surface area contributed by atoms with Crippen molar-refractivity contribution >= 4 is 23.5 Å². The van der Waals surface area contributed by atoms with E-state index in [1.54, 1.807) is 23.1 Å². The van der Waals surface area contributed by atoms with E-state index in [0.29, 0.717) is 17.7 Å². The molecule has 9 heteroatoms. The summed E-state index contributed by atoms with van der Waals surface area (Å²) in [4.78, 5) is 39.4. The average Bonchev–Trinajstić information content (AvgIpc) is 3.05. The van der Waals surface area contributed by atoms with Crippen LogP contribution in [-0.4, -0.2) is 43.0 Å². The van der Waals surface area contributed by atoms with E-state index >= 15 is 0 Å². The first-order valence-corrected chi connectivity index (χ1v) is 7.35. The summed E-state index contributed by atoms with van der Waals surface area (Å²) in [6, 6.07) is 4.97. The van der Waals surface area contributed by atoms with Gasteiger partial charge >= 0.3 is 6.09 Å². The van der Waals surface area contributed by atoms with Gasteiger partial charge in [-0.15, -0.1) is 0 Å². The SMILES string of the molecule is CC(=O)NCC12COC(=O)N1c1ccc(C(=O)CN=[N+]=[N-])cc1C2. The summed E-state index contributed by atoms with van der Waals surface area (Å²) in [5, 5.41) is 6.01. The number of azide groups is 1. The lowest BCUT2D eigenvalue weighted by Crippen LogP contribution is -2.53. The third kappa shape index (κ3) is 2.55. The van der Waals surface area contributed by atoms with Crippen LogP contribution in [0.1, 0.15) is 22.8 Å². The summed E-state index contributed by atoms with van der Waals surface area (Å²) in [6.45, 7) is 1.60. The van der Waals surface area contributed by atoms with Crippen LogP contribution >= 0.6 is 0 Å². The first-order chi connectivity index (χ1) is 11.5. The van der Waals surface area contributed by atoms with Gasteiger partial charge in [0.25, 0.3) is 0 Å². The summed E-state index contributed by atoms with van der Waals surface area (Å²) in [7, 11) is 0. The second kappa shape index (κ2) is 5.86. The first kappa shape index (κ1) is 15.8. The Kier molecular flexibility index (Phi) is 3.86. The van der Waals surface area contributed by atoms with Gasteiger partial charge in [-0.1, -0.05) is 5.11 Å². The van der Waals surface area contributed by atoms with Crippen LogP contribution in [0.25, 0.3) is 10.4 Å². The van der Waals surface area contributed by atoms with Crippen molar-refractivity contribution in [1.29, 1.82) is 0 Å². The Morgan fingerprint density at radius 1 is 1.50 bits per heavy atom. The number of rotatable bonds is 5. The maximum Gasteiger partial charge on any atom is 0.415 e. The van der Waals surface area contributed by atoms with Crippen LogP contribution in [-0.2, 0) is 16.0 Å². The standard InChI is InChI=1S/C15H15N5O4/c1-9(21)17-7-15-5-11-4-10(13(22)6-18-19-16)2-3-12(11)20(15)14(23)24-8-15/h2-4H,5-8H2,1H3,(H,17,21). The van der Waals surface area contributed by atoms with Gasteiger partial charge in [0.05, 0.1) is 12.2 Å². The monoisotopic (exact) mass is 329 g/mol. The number of nitrogens with one attached hydrogen (secondary N) is 1. The van der Waals surface area contributed by atoms with E-state index < -0.39 is 11.6 Å². The van der Waals surface area contributed by atoms with Gasteiger partial charge in [-0.25, -0.2) is 4.79 Å². The number of cyclic esters (lactones) is 1. The lowest BCUT2D eigenvalue weighted by molar-refractivity contribution is -0.119. The van der Waals surface area contributed by atoms with Gasteiger partial charge in [-0.3, -0.25) is 14.5 Å². The quantitative estimate of drug-likeness (QED) is 0.381. The molecular weight excluding hydrogens is 314 g/mol. The summed E-state index contributed by atoms with van der Waals surface area (Å²) >= 11 is 0. The molecule has 0 aliphatic carbocycles. The molecule has 0 aromatic heterocycles. The van der Waals surface area contributed by atoms with Crippen molar-refractivity contribution in [3.63, 3.8) is 0 Å². The summed E-state index contributed by atoms with van der Waals surface area (Å²) < 4.78 is 5.16. The number of nitrogens with zero attached hydrogens (tertiary/aromatic N) is 4. The van der Waals surface area contributed by atoms with E-state index in [2.05, 4.69) is 15.3 Å². The molecule has 0 saturated carbocycles. The minimum Gasteiger partial charge on any atom is -0.447 e. The fraction of sp³-hybridized carbons (Fsp3) is 0.400. The molecule has 124 valence electrons. The van der Waals surface area contributed by atoms with Crippen LogP contribution in [0.5, 0.6) is 0 Å². The largest absolute Gasteiger partial charge is 0.447 e. The van der Waals surface area contributed by atoms with E-state index in [1.165, 1.54) is 6.92 Å². The number of anilines is 1. The average molecular weight is 329 g/mol. The second-order valence-corrected chi connectivity index (χ2v) is 5.86. The van der Waals surface area contributed by atoms with Gasteiger partial charge < -0.3 is 10.1 Å². The number of benzene rings is 1. The third-order valence-corrected chi connectivity index (χ3v) is 4.23. The van der Waals surface area contributed by atoms with Crippen molar-refractivity contribution in [3.8, 4) is 0 Å². The maximum absolute atomic E-state index is 12.1. The van der Waals surface area contributed by atoms with Crippen LogP contribution in [0.4, 0.5) is 10.5 Å². The van der Waals surface area contributed by atoms with Crippen LogP contribution in [0.15, 0.2) is 23.3 Å². The molecular formula is C15H15N5O4. The van der Waals surface area contributed by atoms with E-state index in [1.807, 2.05) is 0 Å². The summed E-state index contributed by atoms with van der Waals surface area (Å²) in [5.74, 6) is -0.481. The predicted molar refractivity (Wildman–Crippen MR) is 83.7 cm³/mol. The number of carbonyl (C=O) groups excluding carboxylic acids is 3. The lowest BCUT2D eigenvalue weighted by Gasteiger charge is -2.28. The molecule has 1 fully saturated rings. The highest BCUT2D eigenvalue weighted by Gasteiger charge is 2.53. The van der Waals surface area contributed by atoms with Crippen molar-refractivity contribution in [2.75, 3.05) is 24.6 Å². The highest BCUT2D eigenvalue weighted by atomic mass is 16.6. The molecule has 1 unspecified atom stereocenters. The number of amides is 2. The third-order valence-electron chi connectivity index (χ3n) is 4.23. The van der Waals surface area contributed by atoms with Crippen LogP contribution in [0.3, 0.4) is 0 Å². The van der Waals surface area contributed by atoms with Gasteiger partial charge in [0.15, 0.2) is 5.78 Å². The first-order valence-electron chi connectivity index (χ1n) is 7.35. The highest BCUT2D eigenvalue weighted by Crippen LogP contribution is 2.43. The lowest BCUT2D eigenvalue weighted by atomic mass is 9.94. The fourth-order valence-corrected chi connectivity index (χ4v) is 3.14. The van der Waals surface area contributed by atoms with Crippen molar-refractivity contribution in [3.05, 3.63) is 39.8 Å². The zero-order chi connectivity index (χ0) is 17.3. The fourth-order valence-electron chi connectivity index (χ4n) is 3.14. The Labute approximate surface area is 137 Å². The zero-order valence-electron chi connectivity index (χ0n) is 13.0. The van der Waals surface area contributed by atoms with Gasteiger partial charge in [0, 0.05) is 30.4 Å². The summed E-state index contributed by atoms with van der Waals surface area (Å²) in [5.41, 5.74) is 9.55. The van der Waals surface area contributed by atoms with Gasteiger partial charge in [0.1, 0.15) is 12.1 Å². The highest BCUT2D eigenvalue weighted by molar-refractivity contribution is 6.00. The molecule has 2 aliphatic rings. The smallest absolute Gasteiger partial charge is 0.415 e. The number of ether oxygens (including phenoxy) is 1. The molecule has 1 atom stereocenters. The van der Waals surface area contributed by atoms with Crippen LogP contribution in [0.2, 0.25) is 0 Å². The zero-order valence-corrected chi connectivity index (χ0v) is 13.0. The molecule has 1 aromatic carbocycles. The Morgan fingerprint density at radius 2 is 2.29 bits per heavy atom. The van der Waals surface area contributed by atoms with E-state index in [4.69, 9.17) is 10.3 Å². The maximum atomic E-state index is 12.1. The molecule has 3 rings (SSSR count). The molecule has 9 nitrogen and oxygen atoms in total. The summed E-state index contributed by atoms with van der Waals surface area (Å²) in [6.07, 6.45) is 0.00374.